The quantitative estimate of drug-likeness (QED) is 0.790. The number of hydrazone groups is 1. The summed E-state index contributed by atoms with van der Waals surface area (Å²) in [7, 11) is 0. The summed E-state index contributed by atoms with van der Waals surface area (Å²) in [5, 5.41) is 22.5. The zero-order valence-corrected chi connectivity index (χ0v) is 14.7. The highest BCUT2D eigenvalue weighted by atomic mass is 19.4. The van der Waals surface area contributed by atoms with Crippen LogP contribution in [0, 0.1) is 17.1 Å². The molecule has 1 atom stereocenters. The van der Waals surface area contributed by atoms with Crippen LogP contribution in [0.15, 0.2) is 53.6 Å². The van der Waals surface area contributed by atoms with Crippen LogP contribution in [-0.4, -0.2) is 40.2 Å². The van der Waals surface area contributed by atoms with Crippen LogP contribution in [0.25, 0.3) is 0 Å². The van der Waals surface area contributed by atoms with Crippen molar-refractivity contribution in [1.29, 1.82) is 5.26 Å². The topological polar surface area (TPSA) is 85.9 Å². The Bertz CT molecular complexity index is 982. The van der Waals surface area contributed by atoms with Crippen LogP contribution in [0.4, 0.5) is 17.6 Å². The van der Waals surface area contributed by atoms with Crippen molar-refractivity contribution in [2.24, 2.45) is 5.10 Å². The molecular formula is C19H13F4N3O3. The van der Waals surface area contributed by atoms with Gasteiger partial charge in [0.05, 0.1) is 23.8 Å². The van der Waals surface area contributed by atoms with E-state index in [0.717, 1.165) is 12.1 Å². The van der Waals surface area contributed by atoms with Crippen molar-refractivity contribution < 1.29 is 32.2 Å². The predicted octanol–water partition coefficient (Wildman–Crippen LogP) is 2.96. The first-order chi connectivity index (χ1) is 13.6. The number of alkyl halides is 3. The number of hydrogen-bond acceptors (Lipinski definition) is 5. The van der Waals surface area contributed by atoms with Gasteiger partial charge in [-0.2, -0.15) is 28.5 Å². The van der Waals surface area contributed by atoms with E-state index in [4.69, 9.17) is 10.00 Å². The van der Waals surface area contributed by atoms with Gasteiger partial charge in [0.1, 0.15) is 11.6 Å². The van der Waals surface area contributed by atoms with Gasteiger partial charge in [-0.05, 0) is 42.0 Å². The first kappa shape index (κ1) is 20.3. The van der Waals surface area contributed by atoms with Gasteiger partial charge in [-0.3, -0.25) is 4.79 Å². The van der Waals surface area contributed by atoms with E-state index in [0.29, 0.717) is 5.56 Å². The smallest absolute Gasteiger partial charge is 0.438 e. The molecule has 1 heterocycles. The summed E-state index contributed by atoms with van der Waals surface area (Å²) in [6, 6.07) is 11.9. The van der Waals surface area contributed by atoms with E-state index in [-0.39, 0.29) is 22.0 Å². The van der Waals surface area contributed by atoms with Crippen molar-refractivity contribution in [3.8, 4) is 11.8 Å². The van der Waals surface area contributed by atoms with Crippen LogP contribution in [0.5, 0.6) is 5.75 Å². The van der Waals surface area contributed by atoms with Crippen molar-refractivity contribution >= 4 is 11.6 Å². The van der Waals surface area contributed by atoms with Gasteiger partial charge >= 0.3 is 6.18 Å². The lowest BCUT2D eigenvalue weighted by atomic mass is 10.0. The van der Waals surface area contributed by atoms with Crippen molar-refractivity contribution in [2.45, 2.75) is 18.3 Å². The fourth-order valence-electron chi connectivity index (χ4n) is 2.66. The molecule has 1 N–H and O–H groups in total. The summed E-state index contributed by atoms with van der Waals surface area (Å²) in [4.78, 5) is 12.4. The zero-order valence-electron chi connectivity index (χ0n) is 14.7. The maximum absolute atomic E-state index is 13.5. The summed E-state index contributed by atoms with van der Waals surface area (Å²) < 4.78 is 58.7. The van der Waals surface area contributed by atoms with Gasteiger partial charge in [0.2, 0.25) is 0 Å². The minimum absolute atomic E-state index is 0.0602. The number of halogens is 4. The van der Waals surface area contributed by atoms with E-state index >= 15 is 0 Å². The molecule has 3 rings (SSSR count). The standard InChI is InChI=1S/C19H13F4N3O3/c20-14-5-3-13(4-6-14)16-9-18(28,19(21,22)23)26(25-16)17(27)11-29-15-7-1-12(10-24)2-8-15/h1-8,28H,9,11H2/t18-/m0/s1. The number of carbonyl (C=O) groups is 1. The fraction of sp³-hybridized carbons (Fsp3) is 0.211. The second-order valence-electron chi connectivity index (χ2n) is 6.18. The molecule has 0 aromatic heterocycles. The number of ether oxygens (including phenoxy) is 1. The summed E-state index contributed by atoms with van der Waals surface area (Å²) in [6.45, 7) is -0.829. The maximum atomic E-state index is 13.5. The third kappa shape index (κ3) is 4.05. The van der Waals surface area contributed by atoms with Gasteiger partial charge in [0.15, 0.2) is 6.61 Å². The van der Waals surface area contributed by atoms with Crippen LogP contribution in [0.2, 0.25) is 0 Å². The van der Waals surface area contributed by atoms with Crippen molar-refractivity contribution in [3.05, 3.63) is 65.5 Å². The molecule has 1 aliphatic rings. The maximum Gasteiger partial charge on any atom is 0.438 e. The van der Waals surface area contributed by atoms with Gasteiger partial charge in [-0.25, -0.2) is 4.39 Å². The average Bonchev–Trinajstić information content (AvgIpc) is 3.06. The summed E-state index contributed by atoms with van der Waals surface area (Å²) in [6.07, 6.45) is -6.20. The van der Waals surface area contributed by atoms with Crippen molar-refractivity contribution in [1.82, 2.24) is 5.01 Å². The molecule has 1 amide bonds. The number of benzene rings is 2. The number of aliphatic hydroxyl groups is 1. The Balaban J connectivity index is 1.82. The molecule has 6 nitrogen and oxygen atoms in total. The first-order valence-corrected chi connectivity index (χ1v) is 8.22. The largest absolute Gasteiger partial charge is 0.484 e. The third-order valence-corrected chi connectivity index (χ3v) is 4.20. The molecule has 0 unspecified atom stereocenters. The molecule has 1 aliphatic heterocycles. The molecule has 0 saturated heterocycles. The van der Waals surface area contributed by atoms with E-state index in [1.807, 2.05) is 6.07 Å². The van der Waals surface area contributed by atoms with E-state index in [1.54, 1.807) is 0 Å². The molecule has 0 saturated carbocycles. The van der Waals surface area contributed by atoms with Crippen LogP contribution < -0.4 is 4.74 Å². The fourth-order valence-corrected chi connectivity index (χ4v) is 2.66. The Morgan fingerprint density at radius 1 is 1.21 bits per heavy atom. The molecular weight excluding hydrogens is 394 g/mol. The van der Waals surface area contributed by atoms with Crippen LogP contribution in [0.3, 0.4) is 0 Å². The molecule has 10 heteroatoms. The number of rotatable bonds is 4. The molecule has 2 aromatic carbocycles. The lowest BCUT2D eigenvalue weighted by molar-refractivity contribution is -0.302. The lowest BCUT2D eigenvalue weighted by Gasteiger charge is -2.32. The molecule has 150 valence electrons. The predicted molar refractivity (Wildman–Crippen MR) is 92.1 cm³/mol. The number of carbonyl (C=O) groups excluding carboxylic acids is 1. The Hall–Kier alpha value is -3.45. The molecule has 0 aliphatic carbocycles. The SMILES string of the molecule is N#Cc1ccc(OCC(=O)N2N=C(c3ccc(F)cc3)C[C@]2(O)C(F)(F)F)cc1. The molecule has 0 spiro atoms. The number of nitriles is 1. The van der Waals surface area contributed by atoms with E-state index in [1.165, 1.54) is 36.4 Å². The van der Waals surface area contributed by atoms with Gasteiger partial charge in [0.25, 0.3) is 11.6 Å². The van der Waals surface area contributed by atoms with Gasteiger partial charge in [-0.15, -0.1) is 0 Å². The minimum atomic E-state index is -5.19. The highest BCUT2D eigenvalue weighted by Crippen LogP contribution is 2.41. The second kappa shape index (κ2) is 7.52. The van der Waals surface area contributed by atoms with E-state index < -0.39 is 36.7 Å². The summed E-state index contributed by atoms with van der Waals surface area (Å²) in [5.41, 5.74) is -3.31. The van der Waals surface area contributed by atoms with Gasteiger partial charge < -0.3 is 9.84 Å². The Morgan fingerprint density at radius 3 is 2.38 bits per heavy atom. The van der Waals surface area contributed by atoms with Crippen molar-refractivity contribution in [3.63, 3.8) is 0 Å². The number of amides is 1. The molecule has 0 radical (unpaired) electrons. The Morgan fingerprint density at radius 2 is 1.83 bits per heavy atom. The van der Waals surface area contributed by atoms with Gasteiger partial charge in [0, 0.05) is 0 Å². The third-order valence-electron chi connectivity index (χ3n) is 4.20. The number of nitrogens with zero attached hydrogens (tertiary/aromatic N) is 3. The summed E-state index contributed by atoms with van der Waals surface area (Å²) >= 11 is 0. The molecule has 2 aromatic rings. The lowest BCUT2D eigenvalue weighted by Crippen LogP contribution is -2.57. The number of hydrogen-bond donors (Lipinski definition) is 1. The zero-order chi connectivity index (χ0) is 21.2. The summed E-state index contributed by atoms with van der Waals surface area (Å²) in [5.74, 6) is -1.68. The second-order valence-corrected chi connectivity index (χ2v) is 6.18. The van der Waals surface area contributed by atoms with Gasteiger partial charge in [-0.1, -0.05) is 12.1 Å². The van der Waals surface area contributed by atoms with Crippen LogP contribution >= 0.6 is 0 Å². The van der Waals surface area contributed by atoms with Crippen LogP contribution in [0.1, 0.15) is 17.5 Å². The van der Waals surface area contributed by atoms with E-state index in [9.17, 15) is 27.5 Å². The van der Waals surface area contributed by atoms with Crippen LogP contribution in [-0.2, 0) is 4.79 Å². The molecule has 29 heavy (non-hydrogen) atoms. The van der Waals surface area contributed by atoms with Crippen molar-refractivity contribution in [2.75, 3.05) is 6.61 Å². The highest BCUT2D eigenvalue weighted by molar-refractivity contribution is 6.03. The Labute approximate surface area is 162 Å². The van der Waals surface area contributed by atoms with E-state index in [2.05, 4.69) is 5.10 Å². The molecule has 0 bridgehead atoms. The average molecular weight is 407 g/mol. The highest BCUT2D eigenvalue weighted by Gasteiger charge is 2.63. The normalized spacial score (nSPS) is 18.9. The first-order valence-electron chi connectivity index (χ1n) is 8.22. The minimum Gasteiger partial charge on any atom is -0.484 e. The Kier molecular flexibility index (Phi) is 5.26. The monoisotopic (exact) mass is 407 g/mol. The molecule has 0 fully saturated rings.